The maximum absolute atomic E-state index is 3.40. The SMILES string of the molecule is CCCCC1CC(NC)CN(C)C1. The van der Waals surface area contributed by atoms with Gasteiger partial charge in [0.2, 0.25) is 0 Å². The predicted molar refractivity (Wildman–Crippen MR) is 58.0 cm³/mol. The Morgan fingerprint density at radius 3 is 2.77 bits per heavy atom. The fourth-order valence-electron chi connectivity index (χ4n) is 2.35. The highest BCUT2D eigenvalue weighted by molar-refractivity contribution is 4.80. The summed E-state index contributed by atoms with van der Waals surface area (Å²) in [6, 6.07) is 0.723. The average Bonchev–Trinajstić information content (AvgIpc) is 2.14. The molecular formula is C11H24N2. The minimum absolute atomic E-state index is 0.723. The maximum Gasteiger partial charge on any atom is 0.0195 e. The van der Waals surface area contributed by atoms with E-state index < -0.39 is 0 Å². The molecule has 1 aliphatic heterocycles. The van der Waals surface area contributed by atoms with Crippen molar-refractivity contribution in [2.24, 2.45) is 5.92 Å². The van der Waals surface area contributed by atoms with Crippen LogP contribution in [-0.2, 0) is 0 Å². The van der Waals surface area contributed by atoms with Crippen molar-refractivity contribution in [3.8, 4) is 0 Å². The van der Waals surface area contributed by atoms with Crippen molar-refractivity contribution in [1.29, 1.82) is 0 Å². The molecule has 78 valence electrons. The summed E-state index contributed by atoms with van der Waals surface area (Å²) in [4.78, 5) is 2.46. The maximum atomic E-state index is 3.40. The molecular weight excluding hydrogens is 160 g/mol. The second-order valence-electron chi connectivity index (χ2n) is 4.45. The van der Waals surface area contributed by atoms with Gasteiger partial charge in [-0.25, -0.2) is 0 Å². The summed E-state index contributed by atoms with van der Waals surface area (Å²) in [7, 11) is 4.32. The Balaban J connectivity index is 2.29. The largest absolute Gasteiger partial charge is 0.316 e. The Labute approximate surface area is 82.7 Å². The van der Waals surface area contributed by atoms with Crippen LogP contribution >= 0.6 is 0 Å². The van der Waals surface area contributed by atoms with Crippen LogP contribution in [0.2, 0.25) is 0 Å². The molecule has 0 aliphatic carbocycles. The molecule has 0 aromatic heterocycles. The Morgan fingerprint density at radius 1 is 1.38 bits per heavy atom. The highest BCUT2D eigenvalue weighted by Crippen LogP contribution is 2.20. The van der Waals surface area contributed by atoms with E-state index in [2.05, 4.69) is 31.2 Å². The predicted octanol–water partition coefficient (Wildman–Crippen LogP) is 1.72. The number of hydrogen-bond acceptors (Lipinski definition) is 2. The number of unbranched alkanes of at least 4 members (excludes halogenated alkanes) is 1. The monoisotopic (exact) mass is 184 g/mol. The molecule has 0 aromatic rings. The molecule has 1 fully saturated rings. The van der Waals surface area contributed by atoms with Gasteiger partial charge in [0.15, 0.2) is 0 Å². The molecule has 0 aromatic carbocycles. The van der Waals surface area contributed by atoms with Gasteiger partial charge in [0.1, 0.15) is 0 Å². The Hall–Kier alpha value is -0.0800. The quantitative estimate of drug-likeness (QED) is 0.715. The van der Waals surface area contributed by atoms with E-state index in [-0.39, 0.29) is 0 Å². The van der Waals surface area contributed by atoms with E-state index in [4.69, 9.17) is 0 Å². The molecule has 0 spiro atoms. The molecule has 1 aliphatic rings. The first-order chi connectivity index (χ1) is 6.26. The van der Waals surface area contributed by atoms with Crippen molar-refractivity contribution in [2.45, 2.75) is 38.6 Å². The number of nitrogens with zero attached hydrogens (tertiary/aromatic N) is 1. The van der Waals surface area contributed by atoms with Gasteiger partial charge in [-0.15, -0.1) is 0 Å². The number of likely N-dealkylation sites (N-methyl/N-ethyl adjacent to an activating group) is 2. The van der Waals surface area contributed by atoms with Crippen LogP contribution in [0.15, 0.2) is 0 Å². The molecule has 0 bridgehead atoms. The highest BCUT2D eigenvalue weighted by Gasteiger charge is 2.23. The fraction of sp³-hybridized carbons (Fsp3) is 1.00. The van der Waals surface area contributed by atoms with Gasteiger partial charge in [0.05, 0.1) is 0 Å². The van der Waals surface area contributed by atoms with E-state index in [1.807, 2.05) is 0 Å². The molecule has 1 rings (SSSR count). The van der Waals surface area contributed by atoms with E-state index in [0.717, 1.165) is 12.0 Å². The van der Waals surface area contributed by atoms with Crippen molar-refractivity contribution in [3.63, 3.8) is 0 Å². The summed E-state index contributed by atoms with van der Waals surface area (Å²) >= 11 is 0. The third-order valence-electron chi connectivity index (χ3n) is 3.09. The van der Waals surface area contributed by atoms with E-state index in [1.165, 1.54) is 38.8 Å². The third kappa shape index (κ3) is 3.65. The number of rotatable bonds is 4. The first-order valence-corrected chi connectivity index (χ1v) is 5.62. The topological polar surface area (TPSA) is 15.3 Å². The minimum Gasteiger partial charge on any atom is -0.316 e. The Bertz CT molecular complexity index is 136. The lowest BCUT2D eigenvalue weighted by Gasteiger charge is -2.35. The molecule has 1 N–H and O–H groups in total. The van der Waals surface area contributed by atoms with E-state index >= 15 is 0 Å². The normalized spacial score (nSPS) is 30.7. The van der Waals surface area contributed by atoms with Gasteiger partial charge < -0.3 is 10.2 Å². The summed E-state index contributed by atoms with van der Waals surface area (Å²) in [5.74, 6) is 0.927. The van der Waals surface area contributed by atoms with Gasteiger partial charge in [-0.2, -0.15) is 0 Å². The smallest absolute Gasteiger partial charge is 0.0195 e. The molecule has 0 radical (unpaired) electrons. The van der Waals surface area contributed by atoms with Gasteiger partial charge in [0, 0.05) is 19.1 Å². The first-order valence-electron chi connectivity index (χ1n) is 5.62. The average molecular weight is 184 g/mol. The van der Waals surface area contributed by atoms with Crippen LogP contribution in [0.25, 0.3) is 0 Å². The summed E-state index contributed by atoms with van der Waals surface area (Å²) < 4.78 is 0. The summed E-state index contributed by atoms with van der Waals surface area (Å²) in [6.07, 6.45) is 5.53. The van der Waals surface area contributed by atoms with Crippen LogP contribution in [-0.4, -0.2) is 38.1 Å². The van der Waals surface area contributed by atoms with E-state index in [0.29, 0.717) is 0 Å². The summed E-state index contributed by atoms with van der Waals surface area (Å²) in [6.45, 7) is 4.80. The van der Waals surface area contributed by atoms with Crippen molar-refractivity contribution in [3.05, 3.63) is 0 Å². The molecule has 1 saturated heterocycles. The molecule has 1 heterocycles. The van der Waals surface area contributed by atoms with Crippen LogP contribution in [0.1, 0.15) is 32.6 Å². The highest BCUT2D eigenvalue weighted by atomic mass is 15.1. The number of piperidine rings is 1. The molecule has 2 nitrogen and oxygen atoms in total. The lowest BCUT2D eigenvalue weighted by Crippen LogP contribution is -2.46. The van der Waals surface area contributed by atoms with Crippen LogP contribution in [0, 0.1) is 5.92 Å². The fourth-order valence-corrected chi connectivity index (χ4v) is 2.35. The number of nitrogens with one attached hydrogen (secondary N) is 1. The zero-order chi connectivity index (χ0) is 9.68. The zero-order valence-corrected chi connectivity index (χ0v) is 9.34. The summed E-state index contributed by atoms with van der Waals surface area (Å²) in [5, 5.41) is 3.40. The second kappa shape index (κ2) is 5.61. The number of hydrogen-bond donors (Lipinski definition) is 1. The molecule has 2 heteroatoms. The number of likely N-dealkylation sites (tertiary alicyclic amines) is 1. The van der Waals surface area contributed by atoms with Crippen LogP contribution in [0.3, 0.4) is 0 Å². The van der Waals surface area contributed by atoms with Crippen LogP contribution < -0.4 is 5.32 Å². The first kappa shape index (κ1) is 11.0. The van der Waals surface area contributed by atoms with Crippen molar-refractivity contribution >= 4 is 0 Å². The molecule has 2 atom stereocenters. The van der Waals surface area contributed by atoms with Crippen LogP contribution in [0.5, 0.6) is 0 Å². The minimum atomic E-state index is 0.723. The standard InChI is InChI=1S/C11H24N2/c1-4-5-6-10-7-11(12-2)9-13(3)8-10/h10-12H,4-9H2,1-3H3. The van der Waals surface area contributed by atoms with E-state index in [1.54, 1.807) is 0 Å². The van der Waals surface area contributed by atoms with Gasteiger partial charge in [-0.3, -0.25) is 0 Å². The molecule has 0 amide bonds. The van der Waals surface area contributed by atoms with Gasteiger partial charge >= 0.3 is 0 Å². The Kier molecular flexibility index (Phi) is 4.74. The van der Waals surface area contributed by atoms with Crippen molar-refractivity contribution in [2.75, 3.05) is 27.2 Å². The second-order valence-corrected chi connectivity index (χ2v) is 4.45. The van der Waals surface area contributed by atoms with Crippen LogP contribution in [0.4, 0.5) is 0 Å². The van der Waals surface area contributed by atoms with E-state index in [9.17, 15) is 0 Å². The van der Waals surface area contributed by atoms with Crippen molar-refractivity contribution < 1.29 is 0 Å². The van der Waals surface area contributed by atoms with Crippen molar-refractivity contribution in [1.82, 2.24) is 10.2 Å². The molecule has 13 heavy (non-hydrogen) atoms. The zero-order valence-electron chi connectivity index (χ0n) is 9.34. The third-order valence-corrected chi connectivity index (χ3v) is 3.09. The van der Waals surface area contributed by atoms with Gasteiger partial charge in [0.25, 0.3) is 0 Å². The summed E-state index contributed by atoms with van der Waals surface area (Å²) in [5.41, 5.74) is 0. The lowest BCUT2D eigenvalue weighted by molar-refractivity contribution is 0.166. The molecule has 2 unspecified atom stereocenters. The lowest BCUT2D eigenvalue weighted by atomic mass is 9.90. The van der Waals surface area contributed by atoms with Gasteiger partial charge in [-0.1, -0.05) is 19.8 Å². The van der Waals surface area contributed by atoms with Gasteiger partial charge in [-0.05, 0) is 32.9 Å². The molecule has 0 saturated carbocycles. The Morgan fingerprint density at radius 2 is 2.15 bits per heavy atom.